The number of allylic oxidation sites excluding steroid dienone is 1. The van der Waals surface area contributed by atoms with E-state index in [2.05, 4.69) is 6.58 Å². The van der Waals surface area contributed by atoms with E-state index in [9.17, 15) is 20.1 Å². The molecule has 1 atom stereocenters. The molecule has 0 bridgehead atoms. The average molecular weight is 324 g/mol. The van der Waals surface area contributed by atoms with Gasteiger partial charge in [-0.15, -0.1) is 6.58 Å². The van der Waals surface area contributed by atoms with Crippen molar-refractivity contribution in [3.63, 3.8) is 0 Å². The molecule has 0 fully saturated rings. The quantitative estimate of drug-likeness (QED) is 0.636. The second kappa shape index (κ2) is 5.77. The summed E-state index contributed by atoms with van der Waals surface area (Å²) in [5.41, 5.74) is 0.104. The molecule has 5 nitrogen and oxygen atoms in total. The van der Waals surface area contributed by atoms with Crippen LogP contribution in [-0.4, -0.2) is 15.3 Å². The lowest BCUT2D eigenvalue weighted by Crippen LogP contribution is -2.05. The van der Waals surface area contributed by atoms with Crippen molar-refractivity contribution in [2.45, 2.75) is 12.8 Å². The largest absolute Gasteiger partial charge is 0.507 e. The number of hydrogen-bond acceptors (Lipinski definition) is 5. The number of hydrogen-bond donors (Lipinski definition) is 3. The fourth-order valence-corrected chi connectivity index (χ4v) is 2.69. The van der Waals surface area contributed by atoms with Gasteiger partial charge in [0.2, 0.25) is 11.2 Å². The number of phenols is 2. The summed E-state index contributed by atoms with van der Waals surface area (Å²) in [6.45, 7) is 5.46. The maximum absolute atomic E-state index is 12.5. The Morgan fingerprint density at radius 3 is 2.42 bits per heavy atom. The van der Waals surface area contributed by atoms with Crippen molar-refractivity contribution < 1.29 is 19.7 Å². The minimum atomic E-state index is -0.759. The van der Waals surface area contributed by atoms with E-state index >= 15 is 0 Å². The van der Waals surface area contributed by atoms with Crippen molar-refractivity contribution in [3.05, 3.63) is 64.8 Å². The second-order valence-electron chi connectivity index (χ2n) is 5.53. The van der Waals surface area contributed by atoms with E-state index in [0.29, 0.717) is 11.1 Å². The molecule has 5 heteroatoms. The molecule has 0 spiro atoms. The highest BCUT2D eigenvalue weighted by Crippen LogP contribution is 2.41. The van der Waals surface area contributed by atoms with Crippen LogP contribution in [0.25, 0.3) is 22.3 Å². The van der Waals surface area contributed by atoms with Gasteiger partial charge in [0.15, 0.2) is 5.76 Å². The average Bonchev–Trinajstić information content (AvgIpc) is 2.57. The van der Waals surface area contributed by atoms with E-state index < -0.39 is 16.9 Å². The molecule has 122 valence electrons. The Hall–Kier alpha value is -3.21. The molecule has 3 N–H and O–H groups in total. The molecule has 3 rings (SSSR count). The zero-order valence-corrected chi connectivity index (χ0v) is 13.0. The van der Waals surface area contributed by atoms with E-state index in [-0.39, 0.29) is 28.4 Å². The van der Waals surface area contributed by atoms with Crippen LogP contribution in [0.5, 0.6) is 17.2 Å². The van der Waals surface area contributed by atoms with Crippen LogP contribution in [0, 0.1) is 0 Å². The monoisotopic (exact) mass is 324 g/mol. The van der Waals surface area contributed by atoms with Crippen LogP contribution in [0.15, 0.2) is 58.3 Å². The molecule has 1 heterocycles. The molecule has 1 unspecified atom stereocenters. The highest BCUT2D eigenvalue weighted by molar-refractivity contribution is 5.91. The number of rotatable bonds is 3. The molecule has 0 amide bonds. The van der Waals surface area contributed by atoms with Gasteiger partial charge in [-0.3, -0.25) is 4.79 Å². The fraction of sp³-hybridized carbons (Fsp3) is 0.105. The Balaban J connectivity index is 2.49. The van der Waals surface area contributed by atoms with Gasteiger partial charge in [0.1, 0.15) is 22.5 Å². The van der Waals surface area contributed by atoms with Crippen molar-refractivity contribution in [3.8, 4) is 28.6 Å². The first-order valence-corrected chi connectivity index (χ1v) is 7.38. The molecule has 0 aliphatic heterocycles. The van der Waals surface area contributed by atoms with Gasteiger partial charge in [-0.05, 0) is 0 Å². The fourth-order valence-electron chi connectivity index (χ4n) is 2.69. The lowest BCUT2D eigenvalue weighted by molar-refractivity contribution is 0.434. The Labute approximate surface area is 137 Å². The van der Waals surface area contributed by atoms with Gasteiger partial charge in [-0.1, -0.05) is 43.3 Å². The zero-order valence-electron chi connectivity index (χ0n) is 13.0. The topological polar surface area (TPSA) is 90.9 Å². The van der Waals surface area contributed by atoms with Gasteiger partial charge in [0, 0.05) is 23.1 Å². The van der Waals surface area contributed by atoms with Crippen LogP contribution < -0.4 is 5.43 Å². The van der Waals surface area contributed by atoms with Crippen molar-refractivity contribution in [2.75, 3.05) is 0 Å². The minimum absolute atomic E-state index is 0.0180. The van der Waals surface area contributed by atoms with Crippen LogP contribution in [-0.2, 0) is 0 Å². The first-order valence-electron chi connectivity index (χ1n) is 7.38. The maximum atomic E-state index is 12.5. The van der Waals surface area contributed by atoms with E-state index in [0.717, 1.165) is 6.07 Å². The number of aromatic hydroxyl groups is 3. The van der Waals surface area contributed by atoms with Crippen LogP contribution in [0.2, 0.25) is 0 Å². The van der Waals surface area contributed by atoms with Gasteiger partial charge < -0.3 is 19.7 Å². The summed E-state index contributed by atoms with van der Waals surface area (Å²) in [4.78, 5) is 12.5. The van der Waals surface area contributed by atoms with Crippen molar-refractivity contribution >= 4 is 11.0 Å². The molecule has 0 saturated carbocycles. The molecule has 0 aliphatic rings. The first-order chi connectivity index (χ1) is 11.5. The third-order valence-corrected chi connectivity index (χ3v) is 3.98. The molecular formula is C19H16O5. The smallest absolute Gasteiger partial charge is 0.238 e. The van der Waals surface area contributed by atoms with Crippen LogP contribution in [0.3, 0.4) is 0 Å². The minimum Gasteiger partial charge on any atom is -0.507 e. The molecule has 3 aromatic rings. The summed E-state index contributed by atoms with van der Waals surface area (Å²) in [7, 11) is 0. The highest BCUT2D eigenvalue weighted by Gasteiger charge is 2.24. The Bertz CT molecular complexity index is 986. The van der Waals surface area contributed by atoms with Gasteiger partial charge in [-0.25, -0.2) is 0 Å². The highest BCUT2D eigenvalue weighted by atomic mass is 16.4. The van der Waals surface area contributed by atoms with Crippen molar-refractivity contribution in [1.29, 1.82) is 0 Å². The van der Waals surface area contributed by atoms with E-state index in [4.69, 9.17) is 4.42 Å². The summed E-state index contributed by atoms with van der Waals surface area (Å²) in [5.74, 6) is -1.60. The maximum Gasteiger partial charge on any atom is 0.238 e. The molecule has 0 radical (unpaired) electrons. The summed E-state index contributed by atoms with van der Waals surface area (Å²) in [6.07, 6.45) is 1.58. The SMILES string of the molecule is C=CC(C)c1c(O)cc(O)c2c(=O)c(O)c(-c3ccccc3)oc12. The zero-order chi connectivity index (χ0) is 17.4. The van der Waals surface area contributed by atoms with Gasteiger partial charge in [-0.2, -0.15) is 0 Å². The van der Waals surface area contributed by atoms with Crippen molar-refractivity contribution in [2.24, 2.45) is 0 Å². The van der Waals surface area contributed by atoms with Gasteiger partial charge in [0.25, 0.3) is 0 Å². The molecule has 2 aromatic carbocycles. The number of fused-ring (bicyclic) bond motifs is 1. The van der Waals surface area contributed by atoms with Gasteiger partial charge >= 0.3 is 0 Å². The van der Waals surface area contributed by atoms with Crippen LogP contribution >= 0.6 is 0 Å². The van der Waals surface area contributed by atoms with E-state index in [1.54, 1.807) is 43.3 Å². The summed E-state index contributed by atoms with van der Waals surface area (Å²) in [6, 6.07) is 9.71. The van der Waals surface area contributed by atoms with Crippen molar-refractivity contribution in [1.82, 2.24) is 0 Å². The van der Waals surface area contributed by atoms with Crippen LogP contribution in [0.1, 0.15) is 18.4 Å². The summed E-state index contributed by atoms with van der Waals surface area (Å²) < 4.78 is 5.76. The van der Waals surface area contributed by atoms with E-state index in [1.165, 1.54) is 0 Å². The third-order valence-electron chi connectivity index (χ3n) is 3.98. The normalized spacial score (nSPS) is 12.2. The predicted molar refractivity (Wildman–Crippen MR) is 91.5 cm³/mol. The Kier molecular flexibility index (Phi) is 3.77. The summed E-state index contributed by atoms with van der Waals surface area (Å²) >= 11 is 0. The number of benzene rings is 2. The van der Waals surface area contributed by atoms with E-state index in [1.807, 2.05) is 0 Å². The van der Waals surface area contributed by atoms with Crippen LogP contribution in [0.4, 0.5) is 0 Å². The lowest BCUT2D eigenvalue weighted by atomic mass is 9.96. The third kappa shape index (κ3) is 2.31. The molecule has 0 saturated heterocycles. The van der Waals surface area contributed by atoms with Gasteiger partial charge in [0.05, 0.1) is 0 Å². The number of phenolic OH excluding ortho intramolecular Hbond substituents is 2. The summed E-state index contributed by atoms with van der Waals surface area (Å²) in [5, 5.41) is 30.3. The predicted octanol–water partition coefficient (Wildman–Crippen LogP) is 3.87. The molecular weight excluding hydrogens is 308 g/mol. The molecule has 1 aromatic heterocycles. The molecule has 24 heavy (non-hydrogen) atoms. The lowest BCUT2D eigenvalue weighted by Gasteiger charge is -2.14. The standard InChI is InChI=1S/C19H16O5/c1-3-10(2)14-12(20)9-13(21)15-16(22)17(23)18(24-19(14)15)11-7-5-4-6-8-11/h3-10,20-21,23H,1H2,2H3. The Morgan fingerprint density at radius 2 is 1.79 bits per heavy atom. The molecule has 0 aliphatic carbocycles. The Morgan fingerprint density at radius 1 is 1.12 bits per heavy atom. The second-order valence-corrected chi connectivity index (χ2v) is 5.53. The first kappa shape index (κ1) is 15.7.